The van der Waals surface area contributed by atoms with Gasteiger partial charge in [-0.3, -0.25) is 4.52 Å². The molecule has 0 fully saturated rings. The van der Waals surface area contributed by atoms with Crippen molar-refractivity contribution < 1.29 is 23.7 Å². The predicted molar refractivity (Wildman–Crippen MR) is 50.5 cm³/mol. The molecule has 14 heavy (non-hydrogen) atoms. The quantitative estimate of drug-likeness (QED) is 0.374. The molecule has 3 N–H and O–H groups in total. The molecule has 1 atom stereocenters. The Morgan fingerprint density at radius 3 is 2.29 bits per heavy atom. The number of rotatable bonds is 5. The van der Waals surface area contributed by atoms with E-state index in [0.29, 0.717) is 6.42 Å². The summed E-state index contributed by atoms with van der Waals surface area (Å²) in [5, 5.41) is 5.40. The van der Waals surface area contributed by atoms with E-state index in [1.165, 1.54) is 0 Å². The highest BCUT2D eigenvalue weighted by atomic mass is 31.2. The minimum absolute atomic E-state index is 0.351. The van der Waals surface area contributed by atoms with Gasteiger partial charge in [-0.25, -0.2) is 14.8 Å². The predicted octanol–water partition coefficient (Wildman–Crippen LogP) is 1.58. The molecule has 0 aromatic carbocycles. The summed E-state index contributed by atoms with van der Waals surface area (Å²) in [5.74, 6) is 0. The molecule has 0 aromatic heterocycles. The average molecular weight is 225 g/mol. The van der Waals surface area contributed by atoms with Crippen LogP contribution < -0.4 is 0 Å². The minimum atomic E-state index is -4.26. The van der Waals surface area contributed by atoms with Crippen molar-refractivity contribution in [1.29, 1.82) is 5.41 Å². The summed E-state index contributed by atoms with van der Waals surface area (Å²) in [6.45, 7) is 3.68. The highest BCUT2D eigenvalue weighted by Gasteiger charge is 2.17. The first-order chi connectivity index (χ1) is 6.37. The van der Waals surface area contributed by atoms with Crippen LogP contribution in [0.1, 0.15) is 33.1 Å². The van der Waals surface area contributed by atoms with Crippen LogP contribution in [-0.2, 0) is 13.9 Å². The molecule has 0 aliphatic rings. The zero-order valence-electron chi connectivity index (χ0n) is 8.27. The monoisotopic (exact) mass is 225 g/mol. The van der Waals surface area contributed by atoms with Gasteiger partial charge in [-0.1, -0.05) is 19.8 Å². The second-order valence-corrected chi connectivity index (χ2v) is 3.84. The summed E-state index contributed by atoms with van der Waals surface area (Å²) in [7, 11) is -4.26. The average Bonchev–Trinajstić information content (AvgIpc) is 1.99. The smallest absolute Gasteiger partial charge is 0.303 e. The highest BCUT2D eigenvalue weighted by Crippen LogP contribution is 2.38. The van der Waals surface area contributed by atoms with Crippen molar-refractivity contribution in [2.45, 2.75) is 39.2 Å². The summed E-state index contributed by atoms with van der Waals surface area (Å²) < 4.78 is 14.7. The maximum absolute atomic E-state index is 10.3. The van der Waals surface area contributed by atoms with Crippen LogP contribution >= 0.6 is 7.82 Å². The van der Waals surface area contributed by atoms with Crippen molar-refractivity contribution in [1.82, 2.24) is 0 Å². The third kappa shape index (κ3) is 17.5. The molecular weight excluding hydrogens is 209 g/mol. The Kier molecular flexibility index (Phi) is 10.3. The Labute approximate surface area is 83.0 Å². The van der Waals surface area contributed by atoms with Crippen molar-refractivity contribution >= 4 is 13.9 Å². The van der Waals surface area contributed by atoms with Gasteiger partial charge in [0.15, 0.2) is 0 Å². The number of unbranched alkanes of at least 4 members (excludes halogenated alkanes) is 1. The van der Waals surface area contributed by atoms with Crippen LogP contribution in [0.4, 0.5) is 0 Å². The standard InChI is InChI=1S/C6H15O4P.CHNO/c1-3-4-5-6(2)10-11(7,8)9;2-1-3/h6H,3-5H2,1-2H3,(H2,7,8,9);2H. The van der Waals surface area contributed by atoms with Gasteiger partial charge >= 0.3 is 7.82 Å². The van der Waals surface area contributed by atoms with Gasteiger partial charge in [-0.05, 0) is 13.3 Å². The molecule has 0 aliphatic carbocycles. The molecule has 6 nitrogen and oxygen atoms in total. The van der Waals surface area contributed by atoms with E-state index in [0.717, 1.165) is 18.9 Å². The largest absolute Gasteiger partial charge is 0.469 e. The third-order valence-corrected chi connectivity index (χ3v) is 1.92. The van der Waals surface area contributed by atoms with Gasteiger partial charge in [0.05, 0.1) is 6.10 Å². The van der Waals surface area contributed by atoms with Gasteiger partial charge < -0.3 is 9.79 Å². The molecule has 0 aliphatic heterocycles. The van der Waals surface area contributed by atoms with Crippen LogP contribution in [0.5, 0.6) is 0 Å². The molecule has 84 valence electrons. The molecular formula is C7H16NO5P. The van der Waals surface area contributed by atoms with Gasteiger partial charge in [0.2, 0.25) is 6.08 Å². The van der Waals surface area contributed by atoms with Crippen molar-refractivity contribution in [3.63, 3.8) is 0 Å². The van der Waals surface area contributed by atoms with Gasteiger partial charge in [-0.15, -0.1) is 0 Å². The van der Waals surface area contributed by atoms with Crippen LogP contribution in [-0.4, -0.2) is 22.0 Å². The lowest BCUT2D eigenvalue weighted by Crippen LogP contribution is -2.05. The van der Waals surface area contributed by atoms with E-state index in [9.17, 15) is 4.57 Å². The summed E-state index contributed by atoms with van der Waals surface area (Å²) in [4.78, 5) is 25.1. The topological polar surface area (TPSA) is 108 Å². The molecule has 0 rings (SSSR count). The number of phosphoric acid groups is 1. The minimum Gasteiger partial charge on any atom is -0.303 e. The molecule has 0 spiro atoms. The maximum Gasteiger partial charge on any atom is 0.469 e. The Balaban J connectivity index is 0. The summed E-state index contributed by atoms with van der Waals surface area (Å²) in [6, 6.07) is 0. The summed E-state index contributed by atoms with van der Waals surface area (Å²) >= 11 is 0. The molecule has 0 bridgehead atoms. The lowest BCUT2D eigenvalue weighted by Gasteiger charge is -2.12. The van der Waals surface area contributed by atoms with Crippen LogP contribution in [0.15, 0.2) is 0 Å². The van der Waals surface area contributed by atoms with Gasteiger partial charge in [0.25, 0.3) is 0 Å². The second kappa shape index (κ2) is 9.06. The SMILES string of the molecule is CCCCC(C)OP(=O)(O)O.N=C=O. The second-order valence-electron chi connectivity index (χ2n) is 2.65. The Morgan fingerprint density at radius 2 is 2.00 bits per heavy atom. The van der Waals surface area contributed by atoms with Crippen molar-refractivity contribution in [3.8, 4) is 0 Å². The van der Waals surface area contributed by atoms with Crippen molar-refractivity contribution in [2.75, 3.05) is 0 Å². The van der Waals surface area contributed by atoms with E-state index in [2.05, 4.69) is 4.52 Å². The highest BCUT2D eigenvalue weighted by molar-refractivity contribution is 7.46. The normalized spacial score (nSPS) is 12.3. The number of carbonyl (C=O) groups excluding carboxylic acids is 1. The molecule has 0 radical (unpaired) electrons. The number of phosphoric ester groups is 1. The molecule has 0 saturated carbocycles. The first-order valence-corrected chi connectivity index (χ1v) is 5.68. The Hall–Kier alpha value is -0.510. The first-order valence-electron chi connectivity index (χ1n) is 4.15. The van der Waals surface area contributed by atoms with Crippen LogP contribution in [0.25, 0.3) is 0 Å². The van der Waals surface area contributed by atoms with E-state index >= 15 is 0 Å². The molecule has 0 heterocycles. The molecule has 1 unspecified atom stereocenters. The van der Waals surface area contributed by atoms with E-state index in [1.54, 1.807) is 6.92 Å². The Morgan fingerprint density at radius 1 is 1.57 bits per heavy atom. The van der Waals surface area contributed by atoms with E-state index in [1.807, 2.05) is 6.92 Å². The molecule has 7 heteroatoms. The van der Waals surface area contributed by atoms with Crippen LogP contribution in [0.3, 0.4) is 0 Å². The first kappa shape index (κ1) is 15.9. The Bertz CT molecular complexity index is 208. The fourth-order valence-corrected chi connectivity index (χ4v) is 1.35. The molecule has 0 aromatic rings. The zero-order chi connectivity index (χ0) is 11.6. The fraction of sp³-hybridized carbons (Fsp3) is 0.857. The summed E-state index contributed by atoms with van der Waals surface area (Å²) in [6.07, 6.45) is 3.04. The van der Waals surface area contributed by atoms with Crippen molar-refractivity contribution in [3.05, 3.63) is 0 Å². The van der Waals surface area contributed by atoms with Crippen molar-refractivity contribution in [2.24, 2.45) is 0 Å². The van der Waals surface area contributed by atoms with Gasteiger partial charge in [-0.2, -0.15) is 0 Å². The lowest BCUT2D eigenvalue weighted by atomic mass is 10.2. The number of hydrogen-bond acceptors (Lipinski definition) is 4. The van der Waals surface area contributed by atoms with Gasteiger partial charge in [0, 0.05) is 0 Å². The van der Waals surface area contributed by atoms with Crippen LogP contribution in [0.2, 0.25) is 0 Å². The van der Waals surface area contributed by atoms with E-state index in [-0.39, 0.29) is 6.10 Å². The summed E-state index contributed by atoms with van der Waals surface area (Å²) in [5.41, 5.74) is 0. The lowest BCUT2D eigenvalue weighted by molar-refractivity contribution is 0.137. The van der Waals surface area contributed by atoms with Crippen LogP contribution in [0, 0.1) is 5.41 Å². The number of nitrogens with one attached hydrogen (secondary N) is 1. The number of isocyanates is 1. The van der Waals surface area contributed by atoms with Gasteiger partial charge in [0.1, 0.15) is 0 Å². The number of hydrogen-bond donors (Lipinski definition) is 3. The third-order valence-electron chi connectivity index (χ3n) is 1.28. The van der Waals surface area contributed by atoms with E-state index in [4.69, 9.17) is 20.0 Å². The fourth-order valence-electron chi connectivity index (χ4n) is 0.779. The molecule has 0 amide bonds. The molecule has 0 saturated heterocycles. The zero-order valence-corrected chi connectivity index (χ0v) is 9.16. The van der Waals surface area contributed by atoms with E-state index < -0.39 is 7.82 Å². The maximum atomic E-state index is 10.3.